The molecule has 136 valence electrons. The van der Waals surface area contributed by atoms with Crippen molar-refractivity contribution in [3.8, 4) is 5.75 Å². The first kappa shape index (κ1) is 18.1. The van der Waals surface area contributed by atoms with Crippen LogP contribution in [0.5, 0.6) is 5.75 Å². The second kappa shape index (κ2) is 8.15. The predicted molar refractivity (Wildman–Crippen MR) is 100 cm³/mol. The van der Waals surface area contributed by atoms with E-state index in [4.69, 9.17) is 4.74 Å². The van der Waals surface area contributed by atoms with Crippen molar-refractivity contribution in [3.63, 3.8) is 0 Å². The molecule has 0 aliphatic carbocycles. The molecule has 0 saturated carbocycles. The van der Waals surface area contributed by atoms with Gasteiger partial charge < -0.3 is 15.4 Å². The number of hydrogen-bond donors (Lipinski definition) is 2. The van der Waals surface area contributed by atoms with E-state index >= 15 is 0 Å². The highest BCUT2D eigenvalue weighted by atomic mass is 16.5. The highest BCUT2D eigenvalue weighted by molar-refractivity contribution is 6.00. The molecule has 2 aromatic rings. The van der Waals surface area contributed by atoms with Crippen LogP contribution in [0.3, 0.4) is 0 Å². The van der Waals surface area contributed by atoms with Crippen LogP contribution in [-0.2, 0) is 11.3 Å². The smallest absolute Gasteiger partial charge is 0.237 e. The minimum Gasteiger partial charge on any atom is -0.496 e. The van der Waals surface area contributed by atoms with Gasteiger partial charge in [0.25, 0.3) is 0 Å². The van der Waals surface area contributed by atoms with Gasteiger partial charge in [-0.2, -0.15) is 0 Å². The van der Waals surface area contributed by atoms with Gasteiger partial charge in [0.1, 0.15) is 5.75 Å². The highest BCUT2D eigenvalue weighted by Crippen LogP contribution is 2.22. The monoisotopic (exact) mass is 352 g/mol. The summed E-state index contributed by atoms with van der Waals surface area (Å²) >= 11 is 0. The molecule has 0 aromatic heterocycles. The van der Waals surface area contributed by atoms with E-state index in [-0.39, 0.29) is 23.7 Å². The van der Waals surface area contributed by atoms with Gasteiger partial charge >= 0.3 is 0 Å². The second-order valence-electron chi connectivity index (χ2n) is 6.60. The molecule has 2 unspecified atom stereocenters. The molecule has 5 heteroatoms. The maximum atomic E-state index is 12.7. The summed E-state index contributed by atoms with van der Waals surface area (Å²) < 4.78 is 5.30. The summed E-state index contributed by atoms with van der Waals surface area (Å²) in [5, 5.41) is 6.11. The van der Waals surface area contributed by atoms with Crippen LogP contribution in [0.1, 0.15) is 27.9 Å². The number of Topliss-reactive ketones (excluding diaryl/α,β-unsaturated/α-hetero) is 1. The largest absolute Gasteiger partial charge is 0.496 e. The SMILES string of the molecule is COc1ccccc1CNC(=O)C1CC(C(=O)c2ccccc2C)CN1. The first-order valence-electron chi connectivity index (χ1n) is 8.83. The van der Waals surface area contributed by atoms with Crippen LogP contribution < -0.4 is 15.4 Å². The van der Waals surface area contributed by atoms with Crippen molar-refractivity contribution in [1.29, 1.82) is 0 Å². The molecule has 1 heterocycles. The number of methoxy groups -OCH3 is 1. The number of ketones is 1. The fourth-order valence-electron chi connectivity index (χ4n) is 3.36. The topological polar surface area (TPSA) is 67.4 Å². The molecule has 0 radical (unpaired) electrons. The van der Waals surface area contributed by atoms with Gasteiger partial charge in [-0.05, 0) is 25.0 Å². The summed E-state index contributed by atoms with van der Waals surface area (Å²) in [5.74, 6) is 0.601. The summed E-state index contributed by atoms with van der Waals surface area (Å²) in [6.07, 6.45) is 0.519. The molecule has 2 atom stereocenters. The Labute approximate surface area is 153 Å². The summed E-state index contributed by atoms with van der Waals surface area (Å²) in [6.45, 7) is 2.87. The van der Waals surface area contributed by atoms with Gasteiger partial charge in [0.15, 0.2) is 5.78 Å². The van der Waals surface area contributed by atoms with Gasteiger partial charge in [0.2, 0.25) is 5.91 Å². The lowest BCUT2D eigenvalue weighted by atomic mass is 9.92. The van der Waals surface area contributed by atoms with E-state index in [9.17, 15) is 9.59 Å². The number of nitrogens with one attached hydrogen (secondary N) is 2. The third kappa shape index (κ3) is 3.94. The Bertz CT molecular complexity index is 803. The number of hydrogen-bond acceptors (Lipinski definition) is 4. The minimum atomic E-state index is -0.345. The second-order valence-corrected chi connectivity index (χ2v) is 6.60. The van der Waals surface area contributed by atoms with E-state index in [0.29, 0.717) is 19.5 Å². The van der Waals surface area contributed by atoms with Crippen LogP contribution in [0.15, 0.2) is 48.5 Å². The first-order chi connectivity index (χ1) is 12.6. The Morgan fingerprint density at radius 1 is 1.15 bits per heavy atom. The van der Waals surface area contributed by atoms with Crippen molar-refractivity contribution in [2.24, 2.45) is 5.92 Å². The third-order valence-electron chi connectivity index (χ3n) is 4.87. The number of carbonyl (C=O) groups excluding carboxylic acids is 2. The van der Waals surface area contributed by atoms with Crippen molar-refractivity contribution in [2.45, 2.75) is 25.9 Å². The number of benzene rings is 2. The normalized spacial score (nSPS) is 19.2. The number of amides is 1. The molecular weight excluding hydrogens is 328 g/mol. The Kier molecular flexibility index (Phi) is 5.68. The van der Waals surface area contributed by atoms with E-state index < -0.39 is 0 Å². The third-order valence-corrected chi connectivity index (χ3v) is 4.87. The molecule has 3 rings (SSSR count). The number of para-hydroxylation sites is 1. The van der Waals surface area contributed by atoms with Crippen LogP contribution in [0.4, 0.5) is 0 Å². The molecule has 26 heavy (non-hydrogen) atoms. The molecule has 2 N–H and O–H groups in total. The van der Waals surface area contributed by atoms with Gasteiger partial charge in [0.05, 0.1) is 13.2 Å². The van der Waals surface area contributed by atoms with Gasteiger partial charge in [-0.1, -0.05) is 42.5 Å². The molecule has 0 bridgehead atoms. The lowest BCUT2D eigenvalue weighted by Gasteiger charge is -2.13. The summed E-state index contributed by atoms with van der Waals surface area (Å²) in [7, 11) is 1.61. The summed E-state index contributed by atoms with van der Waals surface area (Å²) in [6, 6.07) is 14.8. The molecule has 1 aliphatic rings. The van der Waals surface area contributed by atoms with Gasteiger partial charge in [0, 0.05) is 30.1 Å². The van der Waals surface area contributed by atoms with Gasteiger partial charge in [-0.15, -0.1) is 0 Å². The van der Waals surface area contributed by atoms with E-state index in [1.807, 2.05) is 55.5 Å². The minimum absolute atomic E-state index is 0.0870. The predicted octanol–water partition coefficient (Wildman–Crippen LogP) is 2.48. The highest BCUT2D eigenvalue weighted by Gasteiger charge is 2.34. The summed E-state index contributed by atoms with van der Waals surface area (Å²) in [4.78, 5) is 25.2. The Morgan fingerprint density at radius 2 is 1.88 bits per heavy atom. The zero-order valence-corrected chi connectivity index (χ0v) is 15.1. The molecule has 0 spiro atoms. The van der Waals surface area contributed by atoms with Crippen LogP contribution in [0.25, 0.3) is 0 Å². The molecular formula is C21H24N2O3. The number of ether oxygens (including phenoxy) is 1. The average molecular weight is 352 g/mol. The average Bonchev–Trinajstić information content (AvgIpc) is 3.16. The van der Waals surface area contributed by atoms with E-state index in [2.05, 4.69) is 10.6 Å². The quantitative estimate of drug-likeness (QED) is 0.784. The Hall–Kier alpha value is -2.66. The lowest BCUT2D eigenvalue weighted by molar-refractivity contribution is -0.122. The van der Waals surface area contributed by atoms with Crippen molar-refractivity contribution in [1.82, 2.24) is 10.6 Å². The molecule has 1 saturated heterocycles. The van der Waals surface area contributed by atoms with Crippen molar-refractivity contribution in [2.75, 3.05) is 13.7 Å². The maximum absolute atomic E-state index is 12.7. The van der Waals surface area contributed by atoms with Gasteiger partial charge in [-0.25, -0.2) is 0 Å². The van der Waals surface area contributed by atoms with Gasteiger partial charge in [-0.3, -0.25) is 9.59 Å². The molecule has 1 aliphatic heterocycles. The lowest BCUT2D eigenvalue weighted by Crippen LogP contribution is -2.40. The number of aryl methyl sites for hydroxylation is 1. The molecule has 1 fully saturated rings. The Balaban J connectivity index is 1.57. The fourth-order valence-corrected chi connectivity index (χ4v) is 3.36. The zero-order chi connectivity index (χ0) is 18.5. The maximum Gasteiger partial charge on any atom is 0.237 e. The van der Waals surface area contributed by atoms with Crippen LogP contribution in [0.2, 0.25) is 0 Å². The van der Waals surface area contributed by atoms with Crippen LogP contribution in [0, 0.1) is 12.8 Å². The molecule has 1 amide bonds. The molecule has 5 nitrogen and oxygen atoms in total. The van der Waals surface area contributed by atoms with E-state index in [1.165, 1.54) is 0 Å². The first-order valence-corrected chi connectivity index (χ1v) is 8.83. The van der Waals surface area contributed by atoms with Crippen molar-refractivity contribution < 1.29 is 14.3 Å². The van der Waals surface area contributed by atoms with Crippen molar-refractivity contribution in [3.05, 3.63) is 65.2 Å². The van der Waals surface area contributed by atoms with Crippen molar-refractivity contribution >= 4 is 11.7 Å². The van der Waals surface area contributed by atoms with E-state index in [1.54, 1.807) is 7.11 Å². The standard InChI is InChI=1S/C21H24N2O3/c1-14-7-3-5-9-17(14)20(24)16-11-18(22-13-16)21(25)23-12-15-8-4-6-10-19(15)26-2/h3-10,16,18,22H,11-13H2,1-2H3,(H,23,25). The summed E-state index contributed by atoms with van der Waals surface area (Å²) in [5.41, 5.74) is 2.64. The van der Waals surface area contributed by atoms with Crippen LogP contribution >= 0.6 is 0 Å². The fraction of sp³-hybridized carbons (Fsp3) is 0.333. The zero-order valence-electron chi connectivity index (χ0n) is 15.1. The van der Waals surface area contributed by atoms with Crippen LogP contribution in [-0.4, -0.2) is 31.4 Å². The number of rotatable bonds is 6. The van der Waals surface area contributed by atoms with E-state index in [0.717, 1.165) is 22.4 Å². The molecule has 2 aromatic carbocycles. The number of carbonyl (C=O) groups is 2. The Morgan fingerprint density at radius 3 is 2.65 bits per heavy atom.